The van der Waals surface area contributed by atoms with Gasteiger partial charge in [-0.05, 0) is 19.3 Å². The molecule has 2 aliphatic carbocycles. The number of fused-ring (bicyclic) bond motifs is 2. The Bertz CT molecular complexity index is 200. The number of hydrogen-bond acceptors (Lipinski definition) is 3. The summed E-state index contributed by atoms with van der Waals surface area (Å²) in [5.41, 5.74) is 0. The summed E-state index contributed by atoms with van der Waals surface area (Å²) in [6.45, 7) is 0.392. The van der Waals surface area contributed by atoms with Crippen LogP contribution in [0.15, 0.2) is 0 Å². The van der Waals surface area contributed by atoms with Gasteiger partial charge in [-0.3, -0.25) is 9.59 Å². The summed E-state index contributed by atoms with van der Waals surface area (Å²) in [6.07, 6.45) is 2.60. The molecule has 3 heteroatoms. The monoisotopic (exact) mass is 154 g/mol. The SMILES string of the molecule is O=COC1C(=O)C2CCC1C2. The molecule has 11 heavy (non-hydrogen) atoms. The van der Waals surface area contributed by atoms with Gasteiger partial charge in [0.2, 0.25) is 0 Å². The first kappa shape index (κ1) is 6.83. The van der Waals surface area contributed by atoms with E-state index in [1.807, 2.05) is 0 Å². The van der Waals surface area contributed by atoms with E-state index in [4.69, 9.17) is 4.74 Å². The minimum atomic E-state index is -0.397. The molecule has 0 aliphatic heterocycles. The molecule has 0 amide bonds. The molecule has 60 valence electrons. The first-order valence-corrected chi connectivity index (χ1v) is 3.95. The molecule has 2 aliphatic rings. The Balaban J connectivity index is 2.11. The van der Waals surface area contributed by atoms with Gasteiger partial charge < -0.3 is 4.74 Å². The first-order chi connectivity index (χ1) is 5.33. The lowest BCUT2D eigenvalue weighted by Crippen LogP contribution is -2.29. The zero-order valence-corrected chi connectivity index (χ0v) is 6.16. The van der Waals surface area contributed by atoms with Crippen LogP contribution >= 0.6 is 0 Å². The minimum absolute atomic E-state index is 0.147. The fourth-order valence-corrected chi connectivity index (χ4v) is 2.25. The van der Waals surface area contributed by atoms with Crippen LogP contribution in [0.5, 0.6) is 0 Å². The van der Waals surface area contributed by atoms with Crippen LogP contribution in [0.25, 0.3) is 0 Å². The molecule has 0 aromatic rings. The predicted octanol–water partition coefficient (Wildman–Crippen LogP) is 0.527. The van der Waals surface area contributed by atoms with Crippen LogP contribution in [0.1, 0.15) is 19.3 Å². The number of hydrogen-bond donors (Lipinski definition) is 0. The second-order valence-corrected chi connectivity index (χ2v) is 3.33. The first-order valence-electron chi connectivity index (χ1n) is 3.95. The third-order valence-corrected chi connectivity index (χ3v) is 2.79. The Morgan fingerprint density at radius 1 is 1.45 bits per heavy atom. The summed E-state index contributed by atoms with van der Waals surface area (Å²) < 4.78 is 4.72. The predicted molar refractivity (Wildman–Crippen MR) is 36.8 cm³/mol. The van der Waals surface area contributed by atoms with Crippen molar-refractivity contribution in [2.45, 2.75) is 25.4 Å². The lowest BCUT2D eigenvalue weighted by atomic mass is 9.96. The molecule has 3 atom stereocenters. The molecule has 3 nitrogen and oxygen atoms in total. The maximum absolute atomic E-state index is 11.3. The number of ketones is 1. The van der Waals surface area contributed by atoms with Crippen LogP contribution in [0, 0.1) is 11.8 Å². The average molecular weight is 154 g/mol. The maximum atomic E-state index is 11.3. The van der Waals surface area contributed by atoms with Gasteiger partial charge in [0.15, 0.2) is 11.9 Å². The van der Waals surface area contributed by atoms with Crippen molar-refractivity contribution >= 4 is 12.3 Å². The van der Waals surface area contributed by atoms with Crippen LogP contribution in [0.3, 0.4) is 0 Å². The molecular formula is C8H10O3. The number of carbonyl (C=O) groups excluding carboxylic acids is 2. The standard InChI is InChI=1S/C8H10O3/c9-4-11-8-6-2-1-5(3-6)7(8)10/h4-6,8H,1-3H2. The molecule has 0 spiro atoms. The van der Waals surface area contributed by atoms with E-state index in [2.05, 4.69) is 0 Å². The van der Waals surface area contributed by atoms with E-state index in [0.29, 0.717) is 12.4 Å². The van der Waals surface area contributed by atoms with Gasteiger partial charge in [-0.2, -0.15) is 0 Å². The summed E-state index contributed by atoms with van der Waals surface area (Å²) in [5.74, 6) is 0.677. The minimum Gasteiger partial charge on any atom is -0.456 e. The van der Waals surface area contributed by atoms with Gasteiger partial charge in [-0.15, -0.1) is 0 Å². The summed E-state index contributed by atoms with van der Waals surface area (Å²) in [7, 11) is 0. The number of ether oxygens (including phenoxy) is 1. The Hall–Kier alpha value is -0.860. The van der Waals surface area contributed by atoms with Crippen molar-refractivity contribution in [1.29, 1.82) is 0 Å². The molecule has 2 rings (SSSR count). The lowest BCUT2D eigenvalue weighted by molar-refractivity contribution is -0.146. The highest BCUT2D eigenvalue weighted by molar-refractivity contribution is 5.89. The van der Waals surface area contributed by atoms with E-state index < -0.39 is 6.10 Å². The van der Waals surface area contributed by atoms with E-state index in [9.17, 15) is 9.59 Å². The highest BCUT2D eigenvalue weighted by Crippen LogP contribution is 2.43. The van der Waals surface area contributed by atoms with E-state index in [0.717, 1.165) is 19.3 Å². The van der Waals surface area contributed by atoms with Crippen LogP contribution in [-0.4, -0.2) is 18.4 Å². The summed E-state index contributed by atoms with van der Waals surface area (Å²) in [5, 5.41) is 0. The normalized spacial score (nSPS) is 41.1. The quantitative estimate of drug-likeness (QED) is 0.545. The Kier molecular flexibility index (Phi) is 1.44. The van der Waals surface area contributed by atoms with Crippen LogP contribution in [0.2, 0.25) is 0 Å². The second-order valence-electron chi connectivity index (χ2n) is 3.33. The zero-order valence-electron chi connectivity index (χ0n) is 6.16. The summed E-state index contributed by atoms with van der Waals surface area (Å²) in [6, 6.07) is 0. The van der Waals surface area contributed by atoms with Gasteiger partial charge in [0.25, 0.3) is 6.47 Å². The third kappa shape index (κ3) is 0.870. The number of carbonyl (C=O) groups is 2. The highest BCUT2D eigenvalue weighted by Gasteiger charge is 2.48. The van der Waals surface area contributed by atoms with Gasteiger partial charge in [-0.25, -0.2) is 0 Å². The molecule has 0 heterocycles. The molecular weight excluding hydrogens is 144 g/mol. The second kappa shape index (κ2) is 2.32. The summed E-state index contributed by atoms with van der Waals surface area (Å²) >= 11 is 0. The van der Waals surface area contributed by atoms with E-state index in [-0.39, 0.29) is 11.7 Å². The highest BCUT2D eigenvalue weighted by atomic mass is 16.5. The number of Topliss-reactive ketones (excluding diaryl/α,β-unsaturated/α-hetero) is 1. The number of rotatable bonds is 2. The van der Waals surface area contributed by atoms with Crippen molar-refractivity contribution < 1.29 is 14.3 Å². The molecule has 0 aromatic carbocycles. The van der Waals surface area contributed by atoms with Crippen molar-refractivity contribution in [1.82, 2.24) is 0 Å². The molecule has 2 fully saturated rings. The molecule has 3 unspecified atom stereocenters. The lowest BCUT2D eigenvalue weighted by Gasteiger charge is -2.17. The van der Waals surface area contributed by atoms with Crippen molar-refractivity contribution in [2.24, 2.45) is 11.8 Å². The molecule has 0 aromatic heterocycles. The van der Waals surface area contributed by atoms with Crippen molar-refractivity contribution in [3.8, 4) is 0 Å². The topological polar surface area (TPSA) is 43.4 Å². The maximum Gasteiger partial charge on any atom is 0.293 e. The van der Waals surface area contributed by atoms with E-state index in [1.165, 1.54) is 0 Å². The Labute approximate surface area is 64.7 Å². The molecule has 0 radical (unpaired) electrons. The van der Waals surface area contributed by atoms with Gasteiger partial charge >= 0.3 is 0 Å². The Morgan fingerprint density at radius 3 is 2.82 bits per heavy atom. The van der Waals surface area contributed by atoms with E-state index in [1.54, 1.807) is 0 Å². The van der Waals surface area contributed by atoms with Crippen LogP contribution in [0.4, 0.5) is 0 Å². The smallest absolute Gasteiger partial charge is 0.293 e. The van der Waals surface area contributed by atoms with Crippen molar-refractivity contribution in [3.63, 3.8) is 0 Å². The fraction of sp³-hybridized carbons (Fsp3) is 0.750. The van der Waals surface area contributed by atoms with Crippen LogP contribution < -0.4 is 0 Å². The molecule has 0 N–H and O–H groups in total. The summed E-state index contributed by atoms with van der Waals surface area (Å²) in [4.78, 5) is 21.3. The zero-order chi connectivity index (χ0) is 7.84. The van der Waals surface area contributed by atoms with Crippen molar-refractivity contribution in [3.05, 3.63) is 0 Å². The van der Waals surface area contributed by atoms with E-state index >= 15 is 0 Å². The molecule has 2 bridgehead atoms. The van der Waals surface area contributed by atoms with Crippen molar-refractivity contribution in [2.75, 3.05) is 0 Å². The molecule has 0 saturated heterocycles. The Morgan fingerprint density at radius 2 is 2.27 bits per heavy atom. The van der Waals surface area contributed by atoms with Gasteiger partial charge in [0.1, 0.15) is 0 Å². The third-order valence-electron chi connectivity index (χ3n) is 2.79. The molecule has 2 saturated carbocycles. The largest absolute Gasteiger partial charge is 0.456 e. The average Bonchev–Trinajstić information content (AvgIpc) is 2.54. The van der Waals surface area contributed by atoms with Gasteiger partial charge in [-0.1, -0.05) is 0 Å². The fourth-order valence-electron chi connectivity index (χ4n) is 2.25. The van der Waals surface area contributed by atoms with Crippen LogP contribution in [-0.2, 0) is 14.3 Å². The van der Waals surface area contributed by atoms with Gasteiger partial charge in [0, 0.05) is 11.8 Å². The van der Waals surface area contributed by atoms with Gasteiger partial charge in [0.05, 0.1) is 0 Å².